The largest absolute Gasteiger partial charge is 0.481 e. The van der Waals surface area contributed by atoms with Crippen molar-refractivity contribution >= 4 is 21.6 Å². The highest BCUT2D eigenvalue weighted by atomic mass is 32.2. The summed E-state index contributed by atoms with van der Waals surface area (Å²) in [5, 5.41) is 2.78. The van der Waals surface area contributed by atoms with Crippen molar-refractivity contribution < 1.29 is 17.9 Å². The summed E-state index contributed by atoms with van der Waals surface area (Å²) in [5.74, 6) is 0.384. The smallest absolute Gasteiger partial charge is 0.261 e. The molecule has 2 rings (SSSR count). The molecule has 0 unspecified atom stereocenters. The van der Waals surface area contributed by atoms with E-state index in [4.69, 9.17) is 4.74 Å². The molecule has 0 aliphatic rings. The normalized spacial score (nSPS) is 12.7. The molecule has 6 nitrogen and oxygen atoms in total. The first-order chi connectivity index (χ1) is 13.5. The predicted octanol–water partition coefficient (Wildman–Crippen LogP) is 4.21. The molecule has 2 aromatic rings. The minimum atomic E-state index is -3.75. The third kappa shape index (κ3) is 5.97. The number of benzene rings is 2. The van der Waals surface area contributed by atoms with Gasteiger partial charge in [-0.1, -0.05) is 32.0 Å². The molecular formula is C22H30N2O4S. The highest BCUT2D eigenvalue weighted by Gasteiger charge is 2.20. The molecule has 0 heterocycles. The fourth-order valence-electron chi connectivity index (χ4n) is 2.86. The number of hydrogen-bond acceptors (Lipinski definition) is 4. The summed E-state index contributed by atoms with van der Waals surface area (Å²) in [5.41, 5.74) is 2.42. The van der Waals surface area contributed by atoms with E-state index in [-0.39, 0.29) is 22.8 Å². The molecule has 1 atom stereocenters. The maximum atomic E-state index is 12.9. The zero-order chi connectivity index (χ0) is 21.8. The molecule has 0 aliphatic heterocycles. The Morgan fingerprint density at radius 3 is 2.14 bits per heavy atom. The van der Waals surface area contributed by atoms with E-state index in [1.54, 1.807) is 19.1 Å². The van der Waals surface area contributed by atoms with Crippen LogP contribution in [0.25, 0.3) is 0 Å². The number of carbonyl (C=O) groups is 1. The van der Waals surface area contributed by atoms with Gasteiger partial charge in [0, 0.05) is 6.04 Å². The fourth-order valence-corrected chi connectivity index (χ4v) is 4.02. The molecule has 0 fully saturated rings. The van der Waals surface area contributed by atoms with Gasteiger partial charge in [-0.2, -0.15) is 0 Å². The SMILES string of the molecule is Cc1cccc(C(C)C)c1NS(=O)(=O)c1ccc(O[C@H](C)C(=O)NC(C)C)cc1. The van der Waals surface area contributed by atoms with Crippen LogP contribution < -0.4 is 14.8 Å². The molecule has 2 N–H and O–H groups in total. The minimum Gasteiger partial charge on any atom is -0.481 e. The van der Waals surface area contributed by atoms with Gasteiger partial charge in [-0.15, -0.1) is 0 Å². The number of amides is 1. The van der Waals surface area contributed by atoms with Crippen LogP contribution in [-0.4, -0.2) is 26.5 Å². The van der Waals surface area contributed by atoms with Crippen molar-refractivity contribution in [3.05, 3.63) is 53.6 Å². The van der Waals surface area contributed by atoms with E-state index in [0.717, 1.165) is 11.1 Å². The van der Waals surface area contributed by atoms with Crippen LogP contribution >= 0.6 is 0 Å². The summed E-state index contributed by atoms with van der Waals surface area (Å²) in [6.07, 6.45) is -0.682. The molecule has 0 saturated carbocycles. The maximum absolute atomic E-state index is 12.9. The van der Waals surface area contributed by atoms with Gasteiger partial charge in [0.05, 0.1) is 10.6 Å². The number of para-hydroxylation sites is 1. The van der Waals surface area contributed by atoms with Crippen molar-refractivity contribution in [1.82, 2.24) is 5.32 Å². The number of hydrogen-bond donors (Lipinski definition) is 2. The Labute approximate surface area is 173 Å². The quantitative estimate of drug-likeness (QED) is 0.672. The van der Waals surface area contributed by atoms with Crippen molar-refractivity contribution in [3.63, 3.8) is 0 Å². The van der Waals surface area contributed by atoms with Crippen molar-refractivity contribution in [1.29, 1.82) is 0 Å². The van der Waals surface area contributed by atoms with E-state index in [1.165, 1.54) is 12.1 Å². The zero-order valence-corrected chi connectivity index (χ0v) is 18.6. The first-order valence-electron chi connectivity index (χ1n) is 9.70. The van der Waals surface area contributed by atoms with Crippen LogP contribution in [-0.2, 0) is 14.8 Å². The van der Waals surface area contributed by atoms with E-state index in [9.17, 15) is 13.2 Å². The Morgan fingerprint density at radius 2 is 1.59 bits per heavy atom. The van der Waals surface area contributed by atoms with Crippen LogP contribution in [0.3, 0.4) is 0 Å². The highest BCUT2D eigenvalue weighted by Crippen LogP contribution is 2.30. The monoisotopic (exact) mass is 418 g/mol. The van der Waals surface area contributed by atoms with Gasteiger partial charge in [-0.3, -0.25) is 9.52 Å². The van der Waals surface area contributed by atoms with Crippen LogP contribution in [0.2, 0.25) is 0 Å². The molecule has 2 aromatic carbocycles. The van der Waals surface area contributed by atoms with Crippen molar-refractivity contribution in [2.24, 2.45) is 0 Å². The Morgan fingerprint density at radius 1 is 0.966 bits per heavy atom. The van der Waals surface area contributed by atoms with Crippen molar-refractivity contribution in [2.75, 3.05) is 4.72 Å². The molecule has 0 aromatic heterocycles. The van der Waals surface area contributed by atoms with Gasteiger partial charge >= 0.3 is 0 Å². The van der Waals surface area contributed by atoms with Gasteiger partial charge in [-0.05, 0) is 69.0 Å². The van der Waals surface area contributed by atoms with E-state index >= 15 is 0 Å². The molecular weight excluding hydrogens is 388 g/mol. The van der Waals surface area contributed by atoms with Gasteiger partial charge in [-0.25, -0.2) is 8.42 Å². The third-order valence-electron chi connectivity index (χ3n) is 4.41. The van der Waals surface area contributed by atoms with Crippen LogP contribution in [0, 0.1) is 6.92 Å². The van der Waals surface area contributed by atoms with Gasteiger partial charge in [0.2, 0.25) is 0 Å². The summed E-state index contributed by atoms with van der Waals surface area (Å²) in [7, 11) is -3.75. The number of ether oxygens (including phenoxy) is 1. The lowest BCUT2D eigenvalue weighted by Gasteiger charge is -2.18. The number of carbonyl (C=O) groups excluding carboxylic acids is 1. The fraction of sp³-hybridized carbons (Fsp3) is 0.409. The van der Waals surface area contributed by atoms with E-state index < -0.39 is 16.1 Å². The average molecular weight is 419 g/mol. The van der Waals surface area contributed by atoms with E-state index in [1.807, 2.05) is 52.8 Å². The first kappa shape index (κ1) is 22.7. The topological polar surface area (TPSA) is 84.5 Å². The molecule has 0 spiro atoms. The van der Waals surface area contributed by atoms with E-state index in [2.05, 4.69) is 10.0 Å². The second-order valence-electron chi connectivity index (χ2n) is 7.69. The van der Waals surface area contributed by atoms with E-state index in [0.29, 0.717) is 11.4 Å². The Balaban J connectivity index is 2.18. The Bertz CT molecular complexity index is 951. The van der Waals surface area contributed by atoms with Gasteiger partial charge < -0.3 is 10.1 Å². The third-order valence-corrected chi connectivity index (χ3v) is 5.78. The molecule has 1 amide bonds. The average Bonchev–Trinajstić information content (AvgIpc) is 2.63. The summed E-state index contributed by atoms with van der Waals surface area (Å²) < 4.78 is 34.1. The molecule has 29 heavy (non-hydrogen) atoms. The van der Waals surface area contributed by atoms with Gasteiger partial charge in [0.25, 0.3) is 15.9 Å². The predicted molar refractivity (Wildman–Crippen MR) is 116 cm³/mol. The standard InChI is InChI=1S/C22H30N2O4S/c1-14(2)20-9-7-8-16(5)21(20)24-29(26,27)19-12-10-18(11-13-19)28-17(6)22(25)23-15(3)4/h7-15,17,24H,1-6H3,(H,23,25)/t17-/m1/s1. The van der Waals surface area contributed by atoms with Gasteiger partial charge in [0.15, 0.2) is 6.10 Å². The van der Waals surface area contributed by atoms with Crippen molar-refractivity contribution in [3.8, 4) is 5.75 Å². The Hall–Kier alpha value is -2.54. The lowest BCUT2D eigenvalue weighted by atomic mass is 9.99. The summed E-state index contributed by atoms with van der Waals surface area (Å²) in [6.45, 7) is 11.3. The number of sulfonamides is 1. The molecule has 158 valence electrons. The maximum Gasteiger partial charge on any atom is 0.261 e. The van der Waals surface area contributed by atoms with Gasteiger partial charge in [0.1, 0.15) is 5.75 Å². The lowest BCUT2D eigenvalue weighted by Crippen LogP contribution is -2.40. The summed E-state index contributed by atoms with van der Waals surface area (Å²) in [6, 6.07) is 11.8. The molecule has 0 saturated heterocycles. The van der Waals surface area contributed by atoms with Crippen LogP contribution in [0.5, 0.6) is 5.75 Å². The number of anilines is 1. The summed E-state index contributed by atoms with van der Waals surface area (Å²) >= 11 is 0. The van der Waals surface area contributed by atoms with Crippen LogP contribution in [0.1, 0.15) is 51.7 Å². The molecule has 7 heteroatoms. The molecule has 0 radical (unpaired) electrons. The first-order valence-corrected chi connectivity index (χ1v) is 11.2. The van der Waals surface area contributed by atoms with Crippen LogP contribution in [0.15, 0.2) is 47.4 Å². The Kier molecular flexibility index (Phi) is 7.30. The second kappa shape index (κ2) is 9.31. The number of aryl methyl sites for hydroxylation is 1. The number of rotatable bonds is 8. The minimum absolute atomic E-state index is 0.0179. The summed E-state index contributed by atoms with van der Waals surface area (Å²) in [4.78, 5) is 12.1. The molecule has 0 aliphatic carbocycles. The number of nitrogens with one attached hydrogen (secondary N) is 2. The zero-order valence-electron chi connectivity index (χ0n) is 17.8. The highest BCUT2D eigenvalue weighted by molar-refractivity contribution is 7.92. The van der Waals surface area contributed by atoms with Crippen molar-refractivity contribution in [2.45, 2.75) is 64.5 Å². The van der Waals surface area contributed by atoms with Crippen LogP contribution in [0.4, 0.5) is 5.69 Å². The lowest BCUT2D eigenvalue weighted by molar-refractivity contribution is -0.127. The second-order valence-corrected chi connectivity index (χ2v) is 9.38. The molecule has 0 bridgehead atoms.